The van der Waals surface area contributed by atoms with Crippen molar-refractivity contribution in [1.82, 2.24) is 10.0 Å². The van der Waals surface area contributed by atoms with E-state index in [9.17, 15) is 22.4 Å². The summed E-state index contributed by atoms with van der Waals surface area (Å²) in [6.45, 7) is 1.41. The molecule has 2 aromatic rings. The van der Waals surface area contributed by atoms with Crippen molar-refractivity contribution >= 4 is 21.7 Å². The number of rotatable bonds is 8. The molecule has 1 amide bonds. The smallest absolute Gasteiger partial charge is 0.240 e. The van der Waals surface area contributed by atoms with E-state index in [1.165, 1.54) is 43.3 Å². The van der Waals surface area contributed by atoms with Crippen molar-refractivity contribution in [3.05, 3.63) is 65.5 Å². The summed E-state index contributed by atoms with van der Waals surface area (Å²) in [6, 6.07) is 11.5. The molecule has 8 heteroatoms. The minimum Gasteiger partial charge on any atom is -0.352 e. The number of carbonyl (C=O) groups excluding carboxylic acids is 2. The fourth-order valence-electron chi connectivity index (χ4n) is 2.20. The first kappa shape index (κ1) is 19.7. The largest absolute Gasteiger partial charge is 0.352 e. The molecule has 0 aliphatic carbocycles. The van der Waals surface area contributed by atoms with Gasteiger partial charge < -0.3 is 5.32 Å². The zero-order valence-electron chi connectivity index (χ0n) is 14.2. The van der Waals surface area contributed by atoms with Gasteiger partial charge in [0, 0.05) is 25.1 Å². The van der Waals surface area contributed by atoms with Gasteiger partial charge in [0.15, 0.2) is 5.78 Å². The van der Waals surface area contributed by atoms with Crippen LogP contribution >= 0.6 is 0 Å². The average Bonchev–Trinajstić information content (AvgIpc) is 2.60. The highest BCUT2D eigenvalue weighted by atomic mass is 32.2. The molecule has 0 bridgehead atoms. The molecule has 2 aromatic carbocycles. The third-order valence-corrected chi connectivity index (χ3v) is 5.03. The fourth-order valence-corrected chi connectivity index (χ4v) is 3.28. The Hall–Kier alpha value is -2.58. The molecular formula is C18H19FN2O4S. The van der Waals surface area contributed by atoms with E-state index < -0.39 is 15.8 Å². The molecule has 6 nitrogen and oxygen atoms in total. The molecule has 0 fully saturated rings. The minimum atomic E-state index is -3.82. The predicted molar refractivity (Wildman–Crippen MR) is 94.5 cm³/mol. The van der Waals surface area contributed by atoms with Crippen LogP contribution < -0.4 is 10.0 Å². The minimum absolute atomic E-state index is 0.0367. The number of benzene rings is 2. The summed E-state index contributed by atoms with van der Waals surface area (Å²) in [6.07, 6.45) is -0.0685. The molecule has 0 heterocycles. The van der Waals surface area contributed by atoms with Crippen LogP contribution in [0, 0.1) is 5.82 Å². The maximum Gasteiger partial charge on any atom is 0.240 e. The molecular weight excluding hydrogens is 359 g/mol. The van der Waals surface area contributed by atoms with E-state index in [4.69, 9.17) is 0 Å². The summed E-state index contributed by atoms with van der Waals surface area (Å²) in [5.74, 6) is -0.995. The first-order chi connectivity index (χ1) is 12.3. The highest BCUT2D eigenvalue weighted by molar-refractivity contribution is 7.89. The first-order valence-corrected chi connectivity index (χ1v) is 9.38. The van der Waals surface area contributed by atoms with Crippen molar-refractivity contribution in [2.75, 3.05) is 6.54 Å². The summed E-state index contributed by atoms with van der Waals surface area (Å²) in [5.41, 5.74) is 0.903. The number of nitrogens with one attached hydrogen (secondary N) is 2. The van der Waals surface area contributed by atoms with Gasteiger partial charge in [0.2, 0.25) is 15.9 Å². The maximum absolute atomic E-state index is 13.1. The zero-order valence-corrected chi connectivity index (χ0v) is 15.0. The molecule has 0 radical (unpaired) electrons. The number of hydrogen-bond acceptors (Lipinski definition) is 4. The summed E-state index contributed by atoms with van der Waals surface area (Å²) >= 11 is 0. The van der Waals surface area contributed by atoms with E-state index in [1.54, 1.807) is 12.1 Å². The summed E-state index contributed by atoms with van der Waals surface area (Å²) in [5, 5.41) is 2.59. The number of carbonyl (C=O) groups is 2. The van der Waals surface area contributed by atoms with E-state index in [0.29, 0.717) is 11.1 Å². The number of amides is 1. The summed E-state index contributed by atoms with van der Waals surface area (Å²) in [4.78, 5) is 23.1. The third kappa shape index (κ3) is 5.75. The molecule has 0 saturated heterocycles. The SMILES string of the molecule is CC(=O)c1cccc(S(=O)(=O)NCCC(=O)NCc2cccc(F)c2)c1. The van der Waals surface area contributed by atoms with Crippen LogP contribution in [-0.4, -0.2) is 26.7 Å². The van der Waals surface area contributed by atoms with E-state index in [1.807, 2.05) is 0 Å². The number of Topliss-reactive ketones (excluding diaryl/α,β-unsaturated/α-hetero) is 1. The van der Waals surface area contributed by atoms with Gasteiger partial charge in [-0.05, 0) is 36.8 Å². The monoisotopic (exact) mass is 378 g/mol. The van der Waals surface area contributed by atoms with E-state index in [0.717, 1.165) is 0 Å². The number of halogens is 1. The van der Waals surface area contributed by atoms with Crippen LogP contribution in [0.1, 0.15) is 29.3 Å². The number of hydrogen-bond donors (Lipinski definition) is 2. The molecule has 0 atom stereocenters. The van der Waals surface area contributed by atoms with Crippen molar-refractivity contribution in [3.8, 4) is 0 Å². The van der Waals surface area contributed by atoms with Gasteiger partial charge in [0.05, 0.1) is 4.90 Å². The standard InChI is InChI=1S/C18H19FN2O4S/c1-13(22)15-5-3-7-17(11-15)26(24,25)21-9-8-18(23)20-12-14-4-2-6-16(19)10-14/h2-7,10-11,21H,8-9,12H2,1H3,(H,20,23). The maximum atomic E-state index is 13.1. The Morgan fingerprint density at radius 2 is 1.81 bits per heavy atom. The van der Waals surface area contributed by atoms with Gasteiger partial charge in [-0.25, -0.2) is 17.5 Å². The number of sulfonamides is 1. The third-order valence-electron chi connectivity index (χ3n) is 3.57. The Labute approximate surface area is 151 Å². The van der Waals surface area contributed by atoms with Crippen LogP contribution in [0.3, 0.4) is 0 Å². The van der Waals surface area contributed by atoms with Crippen molar-refractivity contribution in [2.45, 2.75) is 24.8 Å². The molecule has 2 rings (SSSR count). The van der Waals surface area contributed by atoms with E-state index in [2.05, 4.69) is 10.0 Å². The van der Waals surface area contributed by atoms with E-state index >= 15 is 0 Å². The summed E-state index contributed by atoms with van der Waals surface area (Å²) < 4.78 is 39.8. The fraction of sp³-hybridized carbons (Fsp3) is 0.222. The van der Waals surface area contributed by atoms with Crippen molar-refractivity contribution in [2.24, 2.45) is 0 Å². The average molecular weight is 378 g/mol. The van der Waals surface area contributed by atoms with Crippen LogP contribution in [0.5, 0.6) is 0 Å². The van der Waals surface area contributed by atoms with E-state index in [-0.39, 0.29) is 36.1 Å². The second kappa shape index (κ2) is 8.68. The lowest BCUT2D eigenvalue weighted by atomic mass is 10.2. The van der Waals surface area contributed by atoms with Gasteiger partial charge in [0.25, 0.3) is 0 Å². The van der Waals surface area contributed by atoms with Gasteiger partial charge in [-0.15, -0.1) is 0 Å². The van der Waals surface area contributed by atoms with Gasteiger partial charge in [-0.1, -0.05) is 24.3 Å². The highest BCUT2D eigenvalue weighted by Crippen LogP contribution is 2.12. The van der Waals surface area contributed by atoms with Crippen molar-refractivity contribution in [1.29, 1.82) is 0 Å². The van der Waals surface area contributed by atoms with Crippen molar-refractivity contribution < 1.29 is 22.4 Å². The lowest BCUT2D eigenvalue weighted by molar-refractivity contribution is -0.121. The lowest BCUT2D eigenvalue weighted by Crippen LogP contribution is -2.30. The highest BCUT2D eigenvalue weighted by Gasteiger charge is 2.15. The van der Waals surface area contributed by atoms with Gasteiger partial charge >= 0.3 is 0 Å². The molecule has 26 heavy (non-hydrogen) atoms. The molecule has 138 valence electrons. The van der Waals surface area contributed by atoms with Crippen LogP contribution in [0.2, 0.25) is 0 Å². The molecule has 0 aliphatic rings. The quantitative estimate of drug-likeness (QED) is 0.688. The Morgan fingerprint density at radius 3 is 2.50 bits per heavy atom. The van der Waals surface area contributed by atoms with Crippen LogP contribution in [-0.2, 0) is 21.4 Å². The first-order valence-electron chi connectivity index (χ1n) is 7.90. The Morgan fingerprint density at radius 1 is 1.08 bits per heavy atom. The zero-order chi connectivity index (χ0) is 19.2. The predicted octanol–water partition coefficient (Wildman–Crippen LogP) is 2.01. The summed E-state index contributed by atoms with van der Waals surface area (Å²) in [7, 11) is -3.82. The molecule has 2 N–H and O–H groups in total. The second-order valence-corrected chi connectivity index (χ2v) is 7.41. The van der Waals surface area contributed by atoms with Crippen LogP contribution in [0.25, 0.3) is 0 Å². The lowest BCUT2D eigenvalue weighted by Gasteiger charge is -2.08. The topological polar surface area (TPSA) is 92.3 Å². The molecule has 0 saturated carbocycles. The Balaban J connectivity index is 1.85. The number of ketones is 1. The van der Waals surface area contributed by atoms with Crippen LogP contribution in [0.15, 0.2) is 53.4 Å². The van der Waals surface area contributed by atoms with Gasteiger partial charge in [-0.3, -0.25) is 9.59 Å². The van der Waals surface area contributed by atoms with Crippen molar-refractivity contribution in [3.63, 3.8) is 0 Å². The molecule has 0 aliphatic heterocycles. The molecule has 0 unspecified atom stereocenters. The van der Waals surface area contributed by atoms with Crippen LogP contribution in [0.4, 0.5) is 4.39 Å². The second-order valence-electron chi connectivity index (χ2n) is 5.64. The van der Waals surface area contributed by atoms with Gasteiger partial charge in [0.1, 0.15) is 5.82 Å². The Bertz CT molecular complexity index is 913. The molecule has 0 spiro atoms. The van der Waals surface area contributed by atoms with Gasteiger partial charge in [-0.2, -0.15) is 0 Å². The Kier molecular flexibility index (Phi) is 6.59. The normalized spacial score (nSPS) is 11.2. The molecule has 0 aromatic heterocycles.